The molecule has 0 saturated carbocycles. The minimum atomic E-state index is 0. The van der Waals surface area contributed by atoms with Gasteiger partial charge in [0.2, 0.25) is 0 Å². The van der Waals surface area contributed by atoms with E-state index in [2.05, 4.69) is 0 Å². The Balaban J connectivity index is 0. The second-order valence-corrected chi connectivity index (χ2v) is 0. The first-order valence-corrected chi connectivity index (χ1v) is 0. The van der Waals surface area contributed by atoms with Crippen LogP contribution in [-0.2, 0) is 0 Å². The van der Waals surface area contributed by atoms with Crippen LogP contribution in [0.5, 0.6) is 0 Å². The van der Waals surface area contributed by atoms with Crippen molar-refractivity contribution in [2.45, 2.75) is 0 Å². The molecule has 0 atom stereocenters. The molecule has 0 rings (SSSR count). The predicted molar refractivity (Wildman–Crippen MR) is 28.8 cm³/mol. The van der Waals surface area contributed by atoms with Crippen molar-refractivity contribution in [3.05, 3.63) is 0 Å². The van der Waals surface area contributed by atoms with Gasteiger partial charge in [-0.25, -0.2) is 0 Å². The third-order valence-electron chi connectivity index (χ3n) is 0. The molecular formula is Gd3In5. The Hall–Kier alpha value is 8.32. The third-order valence-corrected chi connectivity index (χ3v) is 0. The second kappa shape index (κ2) is 45.4. The van der Waals surface area contributed by atoms with Gasteiger partial charge in [-0.1, -0.05) is 0 Å². The van der Waals surface area contributed by atoms with Gasteiger partial charge in [0.15, 0.2) is 0 Å². The van der Waals surface area contributed by atoms with Crippen molar-refractivity contribution in [1.29, 1.82) is 0 Å². The normalized spacial score (nSPS) is 0. The van der Waals surface area contributed by atoms with Crippen LogP contribution in [0.4, 0.5) is 0 Å². The van der Waals surface area contributed by atoms with Gasteiger partial charge in [0, 0.05) is 249 Å². The zero-order valence-corrected chi connectivity index (χ0v) is 27.2. The van der Waals surface area contributed by atoms with Crippen molar-refractivity contribution < 1.29 is 120 Å². The molecule has 0 aliphatic heterocycles. The molecule has 0 aromatic heterocycles. The molecule has 0 N–H and O–H groups in total. The Morgan fingerprint density at radius 2 is 0.250 bits per heavy atom. The van der Waals surface area contributed by atoms with Crippen LogP contribution in [0.15, 0.2) is 0 Å². The van der Waals surface area contributed by atoms with Crippen LogP contribution in [0.25, 0.3) is 0 Å². The number of rotatable bonds is 0. The maximum absolute atomic E-state index is 0. The van der Waals surface area contributed by atoms with Gasteiger partial charge >= 0.3 is 0 Å². The smallest absolute Gasteiger partial charge is 0 e. The zero-order valence-electron chi connectivity index (χ0n) is 3.95. The van der Waals surface area contributed by atoms with Gasteiger partial charge < -0.3 is 0 Å². The summed E-state index contributed by atoms with van der Waals surface area (Å²) in [6.07, 6.45) is 0. The summed E-state index contributed by atoms with van der Waals surface area (Å²) >= 11 is 0. The maximum atomic E-state index is 0. The molecule has 0 bridgehead atoms. The fraction of sp³-hybridized carbons (Fsp3) is 0. The fourth-order valence-corrected chi connectivity index (χ4v) is 0. The monoisotopic (exact) mass is 1050 g/mol. The molecular weight excluding hydrogens is 1050 g/mol. The van der Waals surface area contributed by atoms with E-state index in [1.807, 2.05) is 0 Å². The summed E-state index contributed by atoms with van der Waals surface area (Å²) in [5.41, 5.74) is 0. The van der Waals surface area contributed by atoms with Gasteiger partial charge in [0.05, 0.1) is 0 Å². The molecule has 0 spiro atoms. The van der Waals surface area contributed by atoms with E-state index in [1.54, 1.807) is 0 Å². The van der Waals surface area contributed by atoms with Crippen molar-refractivity contribution in [2.24, 2.45) is 0 Å². The summed E-state index contributed by atoms with van der Waals surface area (Å²) in [6, 6.07) is 0. The first-order chi connectivity index (χ1) is 0. The molecule has 0 fully saturated rings. The van der Waals surface area contributed by atoms with E-state index in [0.717, 1.165) is 0 Å². The molecule has 0 aromatic rings. The molecule has 0 amide bonds. The van der Waals surface area contributed by atoms with Crippen LogP contribution in [0.2, 0.25) is 0 Å². The molecule has 0 nitrogen and oxygen atoms in total. The van der Waals surface area contributed by atoms with Crippen LogP contribution < -0.4 is 0 Å². The first-order valence-electron chi connectivity index (χ1n) is 0. The van der Waals surface area contributed by atoms with Gasteiger partial charge in [-0.05, 0) is 0 Å². The summed E-state index contributed by atoms with van der Waals surface area (Å²) < 4.78 is 0. The van der Waals surface area contributed by atoms with E-state index in [4.69, 9.17) is 0 Å². The van der Waals surface area contributed by atoms with Gasteiger partial charge in [0.25, 0.3) is 0 Å². The predicted octanol–water partition coefficient (Wildman–Crippen LogP) is -1.90. The quantitative estimate of drug-likeness (QED) is 0.267. The Kier molecular flexibility index (Phi) is 314. The average Bonchev–Trinajstić information content (AvgIpc) is 0. The average molecular weight is 1050 g/mol. The van der Waals surface area contributed by atoms with Crippen LogP contribution in [0, 0.1) is 120 Å². The van der Waals surface area contributed by atoms with Gasteiger partial charge in [0.1, 0.15) is 0 Å². The van der Waals surface area contributed by atoms with Crippen LogP contribution in [0.1, 0.15) is 0 Å². The minimum Gasteiger partial charge on any atom is 0 e. The molecule has 8 heavy (non-hydrogen) atoms. The second-order valence-electron chi connectivity index (χ2n) is 0. The van der Waals surface area contributed by atoms with Crippen LogP contribution >= 0.6 is 0 Å². The van der Waals surface area contributed by atoms with Crippen molar-refractivity contribution in [1.82, 2.24) is 0 Å². The molecule has 15 radical (unpaired) electrons. The zero-order chi connectivity index (χ0) is 0. The molecule has 0 saturated heterocycles. The molecule has 8 heteroatoms. The maximum Gasteiger partial charge on any atom is 0 e. The largest absolute Gasteiger partial charge is 0 e. The number of hydrogen-bond donors (Lipinski definition) is 0. The van der Waals surface area contributed by atoms with Crippen LogP contribution in [-0.4, -0.2) is 129 Å². The standard InChI is InChI=1S/3Gd.5In. The molecule has 0 heterocycles. The van der Waals surface area contributed by atoms with E-state index >= 15 is 0 Å². The first kappa shape index (κ1) is 55.3. The summed E-state index contributed by atoms with van der Waals surface area (Å²) in [4.78, 5) is 0. The van der Waals surface area contributed by atoms with E-state index in [0.29, 0.717) is 0 Å². The topological polar surface area (TPSA) is 0 Å². The van der Waals surface area contributed by atoms with Gasteiger partial charge in [-0.15, -0.1) is 0 Å². The van der Waals surface area contributed by atoms with E-state index in [-0.39, 0.29) is 249 Å². The molecule has 0 aromatic carbocycles. The summed E-state index contributed by atoms with van der Waals surface area (Å²) in [6.45, 7) is 0. The SMILES string of the molecule is [Gd].[Gd].[Gd].[In].[In].[In].[In].[In]. The molecule has 0 aliphatic carbocycles. The Labute approximate surface area is 240 Å². The van der Waals surface area contributed by atoms with Crippen LogP contribution in [0.3, 0.4) is 0 Å². The van der Waals surface area contributed by atoms with Gasteiger partial charge in [-0.3, -0.25) is 0 Å². The van der Waals surface area contributed by atoms with E-state index < -0.39 is 0 Å². The Morgan fingerprint density at radius 3 is 0.250 bits per heavy atom. The van der Waals surface area contributed by atoms with Crippen molar-refractivity contribution >= 4 is 129 Å². The third kappa shape index (κ3) is 36.7. The molecule has 39 valence electrons. The summed E-state index contributed by atoms with van der Waals surface area (Å²) in [5, 5.41) is 0. The van der Waals surface area contributed by atoms with Gasteiger partial charge in [-0.2, -0.15) is 0 Å². The van der Waals surface area contributed by atoms with E-state index in [1.165, 1.54) is 0 Å². The van der Waals surface area contributed by atoms with Crippen molar-refractivity contribution in [3.63, 3.8) is 0 Å². The van der Waals surface area contributed by atoms with E-state index in [9.17, 15) is 0 Å². The Bertz CT molecular complexity index is 7.64. The fourth-order valence-electron chi connectivity index (χ4n) is 0. The molecule has 0 unspecified atom stereocenters. The van der Waals surface area contributed by atoms with Crippen molar-refractivity contribution in [3.8, 4) is 0 Å². The summed E-state index contributed by atoms with van der Waals surface area (Å²) in [5.74, 6) is 0. The Morgan fingerprint density at radius 1 is 0.250 bits per heavy atom. The summed E-state index contributed by atoms with van der Waals surface area (Å²) in [7, 11) is 0. The number of hydrogen-bond acceptors (Lipinski definition) is 0. The minimum absolute atomic E-state index is 0. The molecule has 0 aliphatic rings. The van der Waals surface area contributed by atoms with Crippen molar-refractivity contribution in [2.75, 3.05) is 0 Å².